The zero-order chi connectivity index (χ0) is 18.5. The molecule has 1 fully saturated rings. The van der Waals surface area contributed by atoms with Crippen LogP contribution in [-0.2, 0) is 0 Å². The number of benzene rings is 2. The van der Waals surface area contributed by atoms with Gasteiger partial charge in [0.15, 0.2) is 5.11 Å². The monoisotopic (exact) mass is 389 g/mol. The molecule has 2 aromatic rings. The minimum absolute atomic E-state index is 0.230. The second-order valence-electron chi connectivity index (χ2n) is 5.95. The van der Waals surface area contributed by atoms with Gasteiger partial charge in [0, 0.05) is 42.5 Å². The number of hydrogen-bond donors (Lipinski definition) is 1. The van der Waals surface area contributed by atoms with Crippen molar-refractivity contribution >= 4 is 40.5 Å². The summed E-state index contributed by atoms with van der Waals surface area (Å²) in [6, 6.07) is 14.8. The standard InChI is InChI=1S/C19H20ClN3O2S/c1-25-17-7-2-4-14(12-17)18(24)21-19(26)23-10-8-22(9-11-23)16-6-3-5-15(20)13-16/h2-7,12-13H,8-11H2,1H3,(H,21,24,26). The summed E-state index contributed by atoms with van der Waals surface area (Å²) in [6.45, 7) is 3.11. The Bertz CT molecular complexity index is 807. The molecule has 136 valence electrons. The summed E-state index contributed by atoms with van der Waals surface area (Å²) in [4.78, 5) is 16.7. The highest BCUT2D eigenvalue weighted by Crippen LogP contribution is 2.21. The number of carbonyl (C=O) groups is 1. The van der Waals surface area contributed by atoms with Gasteiger partial charge in [0.05, 0.1) is 7.11 Å². The Morgan fingerprint density at radius 3 is 2.54 bits per heavy atom. The highest BCUT2D eigenvalue weighted by atomic mass is 35.5. The predicted molar refractivity (Wildman–Crippen MR) is 108 cm³/mol. The lowest BCUT2D eigenvalue weighted by Crippen LogP contribution is -2.52. The van der Waals surface area contributed by atoms with Gasteiger partial charge in [-0.3, -0.25) is 10.1 Å². The number of piperazine rings is 1. The van der Waals surface area contributed by atoms with Crippen LogP contribution >= 0.6 is 23.8 Å². The van der Waals surface area contributed by atoms with Gasteiger partial charge < -0.3 is 14.5 Å². The smallest absolute Gasteiger partial charge is 0.257 e. The fourth-order valence-electron chi connectivity index (χ4n) is 2.85. The number of rotatable bonds is 3. The minimum atomic E-state index is -0.230. The Hall–Kier alpha value is -2.31. The fraction of sp³-hybridized carbons (Fsp3) is 0.263. The van der Waals surface area contributed by atoms with Crippen molar-refractivity contribution in [1.82, 2.24) is 10.2 Å². The Morgan fingerprint density at radius 1 is 1.12 bits per heavy atom. The van der Waals surface area contributed by atoms with Crippen LogP contribution in [-0.4, -0.2) is 49.2 Å². The van der Waals surface area contributed by atoms with Crippen LogP contribution in [0.1, 0.15) is 10.4 Å². The Balaban J connectivity index is 1.55. The van der Waals surface area contributed by atoms with Crippen LogP contribution in [0.15, 0.2) is 48.5 Å². The average molecular weight is 390 g/mol. The molecule has 0 bridgehead atoms. The van der Waals surface area contributed by atoms with Crippen molar-refractivity contribution in [3.8, 4) is 5.75 Å². The average Bonchev–Trinajstić information content (AvgIpc) is 2.68. The van der Waals surface area contributed by atoms with Crippen LogP contribution in [0.4, 0.5) is 5.69 Å². The first-order chi connectivity index (χ1) is 12.6. The largest absolute Gasteiger partial charge is 0.497 e. The van der Waals surface area contributed by atoms with Gasteiger partial charge >= 0.3 is 0 Å². The van der Waals surface area contributed by atoms with Gasteiger partial charge in [-0.2, -0.15) is 0 Å². The molecule has 2 aromatic carbocycles. The Labute approximate surface area is 163 Å². The number of anilines is 1. The molecule has 0 aromatic heterocycles. The van der Waals surface area contributed by atoms with Gasteiger partial charge in [0.2, 0.25) is 0 Å². The third-order valence-electron chi connectivity index (χ3n) is 4.29. The molecule has 1 N–H and O–H groups in total. The molecule has 3 rings (SSSR count). The second-order valence-corrected chi connectivity index (χ2v) is 6.77. The molecule has 1 heterocycles. The van der Waals surface area contributed by atoms with E-state index in [4.69, 9.17) is 28.6 Å². The molecule has 0 aliphatic carbocycles. The van der Waals surface area contributed by atoms with Crippen molar-refractivity contribution in [2.45, 2.75) is 0 Å². The van der Waals surface area contributed by atoms with Crippen molar-refractivity contribution in [2.24, 2.45) is 0 Å². The van der Waals surface area contributed by atoms with Crippen molar-refractivity contribution in [3.05, 3.63) is 59.1 Å². The maximum atomic E-state index is 12.4. The van der Waals surface area contributed by atoms with Crippen molar-refractivity contribution in [3.63, 3.8) is 0 Å². The van der Waals surface area contributed by atoms with Crippen LogP contribution in [0.5, 0.6) is 5.75 Å². The summed E-state index contributed by atoms with van der Waals surface area (Å²) in [5.74, 6) is 0.407. The quantitative estimate of drug-likeness (QED) is 0.817. The molecule has 1 amide bonds. The maximum absolute atomic E-state index is 12.4. The van der Waals surface area contributed by atoms with E-state index in [9.17, 15) is 4.79 Å². The third-order valence-corrected chi connectivity index (χ3v) is 4.89. The zero-order valence-electron chi connectivity index (χ0n) is 14.4. The molecule has 0 spiro atoms. The summed E-state index contributed by atoms with van der Waals surface area (Å²) in [7, 11) is 1.57. The normalized spacial score (nSPS) is 14.1. The van der Waals surface area contributed by atoms with Crippen LogP contribution in [0, 0.1) is 0 Å². The summed E-state index contributed by atoms with van der Waals surface area (Å²) in [5, 5.41) is 3.98. The number of nitrogens with one attached hydrogen (secondary N) is 1. The molecular weight excluding hydrogens is 370 g/mol. The lowest BCUT2D eigenvalue weighted by molar-refractivity contribution is 0.0972. The molecule has 1 aliphatic heterocycles. The number of nitrogens with zero attached hydrogens (tertiary/aromatic N) is 2. The summed E-state index contributed by atoms with van der Waals surface area (Å²) < 4.78 is 5.15. The van der Waals surface area contributed by atoms with Crippen molar-refractivity contribution < 1.29 is 9.53 Å². The molecule has 26 heavy (non-hydrogen) atoms. The third kappa shape index (κ3) is 4.45. The van der Waals surface area contributed by atoms with E-state index in [1.54, 1.807) is 31.4 Å². The van der Waals surface area contributed by atoms with E-state index >= 15 is 0 Å². The van der Waals surface area contributed by atoms with Crippen molar-refractivity contribution in [1.29, 1.82) is 0 Å². The van der Waals surface area contributed by atoms with Crippen LogP contribution in [0.3, 0.4) is 0 Å². The molecular formula is C19H20ClN3O2S. The highest BCUT2D eigenvalue weighted by Gasteiger charge is 2.21. The number of methoxy groups -OCH3 is 1. The van der Waals surface area contributed by atoms with Gasteiger partial charge in [0.1, 0.15) is 5.75 Å². The van der Waals surface area contributed by atoms with Gasteiger partial charge in [-0.15, -0.1) is 0 Å². The van der Waals surface area contributed by atoms with Gasteiger partial charge in [-0.1, -0.05) is 23.7 Å². The Morgan fingerprint density at radius 2 is 1.85 bits per heavy atom. The fourth-order valence-corrected chi connectivity index (χ4v) is 3.31. The summed E-state index contributed by atoms with van der Waals surface area (Å²) in [6.07, 6.45) is 0. The zero-order valence-corrected chi connectivity index (χ0v) is 16.0. The topological polar surface area (TPSA) is 44.8 Å². The first-order valence-corrected chi connectivity index (χ1v) is 9.10. The van der Waals surface area contributed by atoms with E-state index in [-0.39, 0.29) is 5.91 Å². The second kappa shape index (κ2) is 8.38. The summed E-state index contributed by atoms with van der Waals surface area (Å²) >= 11 is 11.5. The Kier molecular flexibility index (Phi) is 5.96. The number of hydrogen-bond acceptors (Lipinski definition) is 4. The van der Waals surface area contributed by atoms with Crippen LogP contribution in [0.2, 0.25) is 5.02 Å². The lowest BCUT2D eigenvalue weighted by Gasteiger charge is -2.37. The number of halogens is 1. The number of ether oxygens (including phenoxy) is 1. The van der Waals surface area contributed by atoms with Crippen molar-refractivity contribution in [2.75, 3.05) is 38.2 Å². The molecule has 1 aliphatic rings. The molecule has 0 atom stereocenters. The molecule has 0 unspecified atom stereocenters. The van der Waals surface area contributed by atoms with E-state index in [1.807, 2.05) is 29.2 Å². The van der Waals surface area contributed by atoms with E-state index in [2.05, 4.69) is 10.2 Å². The van der Waals surface area contributed by atoms with E-state index in [0.717, 1.165) is 36.9 Å². The molecule has 0 radical (unpaired) electrons. The van der Waals surface area contributed by atoms with E-state index < -0.39 is 0 Å². The predicted octanol–water partition coefficient (Wildman–Crippen LogP) is 3.19. The molecule has 7 heteroatoms. The lowest BCUT2D eigenvalue weighted by atomic mass is 10.2. The first-order valence-electron chi connectivity index (χ1n) is 8.31. The summed E-state index contributed by atoms with van der Waals surface area (Å²) in [5.41, 5.74) is 1.62. The minimum Gasteiger partial charge on any atom is -0.497 e. The van der Waals surface area contributed by atoms with Gasteiger partial charge in [-0.25, -0.2) is 0 Å². The number of amides is 1. The van der Waals surface area contributed by atoms with E-state index in [0.29, 0.717) is 16.4 Å². The molecule has 5 nitrogen and oxygen atoms in total. The van der Waals surface area contributed by atoms with Crippen LogP contribution in [0.25, 0.3) is 0 Å². The van der Waals surface area contributed by atoms with E-state index in [1.165, 1.54) is 0 Å². The SMILES string of the molecule is COc1cccc(C(=O)NC(=S)N2CCN(c3cccc(Cl)c3)CC2)c1. The first kappa shape index (κ1) is 18.5. The van der Waals surface area contributed by atoms with Crippen LogP contribution < -0.4 is 15.0 Å². The highest BCUT2D eigenvalue weighted by molar-refractivity contribution is 7.80. The number of thiocarbonyl (C=S) groups is 1. The molecule has 0 saturated carbocycles. The van der Waals surface area contributed by atoms with Gasteiger partial charge in [-0.05, 0) is 48.6 Å². The van der Waals surface area contributed by atoms with Gasteiger partial charge in [0.25, 0.3) is 5.91 Å². The number of carbonyl (C=O) groups excluding carboxylic acids is 1. The maximum Gasteiger partial charge on any atom is 0.257 e. The molecule has 1 saturated heterocycles.